The maximum absolute atomic E-state index is 6.09. The molecule has 0 bridgehead atoms. The van der Waals surface area contributed by atoms with Gasteiger partial charge >= 0.3 is 0 Å². The Morgan fingerprint density at radius 3 is 2.23 bits per heavy atom. The van der Waals surface area contributed by atoms with Crippen LogP contribution in [-0.4, -0.2) is 9.55 Å². The van der Waals surface area contributed by atoms with Crippen LogP contribution in [0.2, 0.25) is 0 Å². The van der Waals surface area contributed by atoms with Gasteiger partial charge in [-0.05, 0) is 65.4 Å². The zero-order valence-corrected chi connectivity index (χ0v) is 21.6. The second kappa shape index (κ2) is 7.79. The summed E-state index contributed by atoms with van der Waals surface area (Å²) >= 11 is 1.73. The number of hydrogen-bond acceptors (Lipinski definition) is 3. The van der Waals surface area contributed by atoms with Crippen LogP contribution in [-0.2, 0) is 0 Å². The van der Waals surface area contributed by atoms with Crippen molar-refractivity contribution >= 4 is 76.1 Å². The maximum Gasteiger partial charge on any atom is 0.137 e. The van der Waals surface area contributed by atoms with Crippen LogP contribution in [0.4, 0.5) is 0 Å². The molecule has 0 unspecified atom stereocenters. The molecule has 3 heterocycles. The normalized spacial score (nSPS) is 12.1. The average molecular weight is 517 g/mol. The van der Waals surface area contributed by atoms with E-state index in [-0.39, 0.29) is 0 Å². The molecule has 39 heavy (non-hydrogen) atoms. The molecule has 0 saturated carbocycles. The van der Waals surface area contributed by atoms with Crippen molar-refractivity contribution in [2.75, 3.05) is 0 Å². The molecule has 0 aliphatic heterocycles. The van der Waals surface area contributed by atoms with Gasteiger partial charge < -0.3 is 8.98 Å². The first kappa shape index (κ1) is 21.1. The van der Waals surface area contributed by atoms with Gasteiger partial charge in [-0.1, -0.05) is 66.7 Å². The van der Waals surface area contributed by atoms with Crippen LogP contribution in [0.25, 0.3) is 81.0 Å². The molecule has 3 nitrogen and oxygen atoms in total. The van der Waals surface area contributed by atoms with Gasteiger partial charge in [0.15, 0.2) is 0 Å². The summed E-state index contributed by atoms with van der Waals surface area (Å²) in [5.74, 6) is 0. The highest BCUT2D eigenvalue weighted by Gasteiger charge is 2.17. The van der Waals surface area contributed by atoms with E-state index in [1.54, 1.807) is 11.3 Å². The largest absolute Gasteiger partial charge is 0.456 e. The third-order valence-corrected chi connectivity index (χ3v) is 8.90. The quantitative estimate of drug-likeness (QED) is 0.229. The molecule has 182 valence electrons. The van der Waals surface area contributed by atoms with Gasteiger partial charge in [0.2, 0.25) is 0 Å². The molecular weight excluding hydrogens is 496 g/mol. The van der Waals surface area contributed by atoms with Crippen molar-refractivity contribution in [1.29, 1.82) is 0 Å². The Labute approximate surface area is 227 Å². The first-order chi connectivity index (χ1) is 19.3. The second-order valence-corrected chi connectivity index (χ2v) is 11.0. The molecule has 0 aliphatic rings. The first-order valence-electron chi connectivity index (χ1n) is 13.1. The van der Waals surface area contributed by atoms with Gasteiger partial charge in [0.05, 0.1) is 26.6 Å². The fraction of sp³-hybridized carbons (Fsp3) is 0. The van der Waals surface area contributed by atoms with Gasteiger partial charge in [0.25, 0.3) is 0 Å². The van der Waals surface area contributed by atoms with Gasteiger partial charge in [0.1, 0.15) is 16.2 Å². The minimum absolute atomic E-state index is 0.884. The Kier molecular flexibility index (Phi) is 4.21. The number of nitrogens with zero attached hydrogens (tertiary/aromatic N) is 2. The summed E-state index contributed by atoms with van der Waals surface area (Å²) in [6, 6.07) is 43.0. The molecule has 0 spiro atoms. The Bertz CT molecular complexity index is 2390. The highest BCUT2D eigenvalue weighted by molar-refractivity contribution is 7.21. The molecule has 0 atom stereocenters. The molecule has 0 saturated heterocycles. The van der Waals surface area contributed by atoms with Crippen LogP contribution in [0.3, 0.4) is 0 Å². The van der Waals surface area contributed by atoms with Crippen molar-refractivity contribution in [1.82, 2.24) is 9.55 Å². The fourth-order valence-electron chi connectivity index (χ4n) is 6.10. The summed E-state index contributed by atoms with van der Waals surface area (Å²) in [7, 11) is 0. The molecule has 3 aromatic heterocycles. The van der Waals surface area contributed by atoms with E-state index in [2.05, 4.69) is 114 Å². The van der Waals surface area contributed by atoms with Crippen molar-refractivity contribution in [3.63, 3.8) is 0 Å². The number of thiazole rings is 1. The number of rotatable bonds is 2. The molecule has 0 amide bonds. The first-order valence-corrected chi connectivity index (χ1v) is 13.9. The molecule has 9 rings (SSSR count). The molecule has 6 aromatic carbocycles. The lowest BCUT2D eigenvalue weighted by molar-refractivity contribution is 0.669. The molecule has 9 aromatic rings. The number of fused-ring (bicyclic) bond motifs is 10. The van der Waals surface area contributed by atoms with Crippen LogP contribution < -0.4 is 0 Å². The van der Waals surface area contributed by atoms with E-state index in [0.29, 0.717) is 0 Å². The molecule has 0 radical (unpaired) electrons. The van der Waals surface area contributed by atoms with E-state index in [1.807, 2.05) is 12.1 Å². The monoisotopic (exact) mass is 516 g/mol. The molecule has 4 heteroatoms. The summed E-state index contributed by atoms with van der Waals surface area (Å²) in [6.45, 7) is 0. The number of aromatic nitrogens is 2. The summed E-state index contributed by atoms with van der Waals surface area (Å²) in [5.41, 5.74) is 7.49. The topological polar surface area (TPSA) is 31.0 Å². The van der Waals surface area contributed by atoms with E-state index in [4.69, 9.17) is 9.40 Å². The van der Waals surface area contributed by atoms with Gasteiger partial charge in [-0.25, -0.2) is 4.98 Å². The van der Waals surface area contributed by atoms with Crippen LogP contribution in [0, 0.1) is 0 Å². The van der Waals surface area contributed by atoms with E-state index >= 15 is 0 Å². The highest BCUT2D eigenvalue weighted by atomic mass is 32.1. The van der Waals surface area contributed by atoms with Crippen LogP contribution in [0.5, 0.6) is 0 Å². The van der Waals surface area contributed by atoms with Gasteiger partial charge in [-0.3, -0.25) is 0 Å². The SMILES string of the molecule is c1ccc2c(c1)ccc1c2c2ccccc2n1-c1ccc(-c2nc3c(ccc4oc5ccccc5c43)s2)cc1. The lowest BCUT2D eigenvalue weighted by Crippen LogP contribution is -1.93. The Balaban J connectivity index is 1.22. The number of furan rings is 1. The fourth-order valence-corrected chi connectivity index (χ4v) is 7.07. The smallest absolute Gasteiger partial charge is 0.137 e. The number of para-hydroxylation sites is 2. The van der Waals surface area contributed by atoms with E-state index in [9.17, 15) is 0 Å². The standard InChI is InChI=1S/C35H20N2OS/c1-2-8-24-21(7-1)15-18-28-32(24)25-9-3-5-11-27(25)37(28)23-16-13-22(14-17-23)35-36-34-31(39-35)20-19-30-33(34)26-10-4-6-12-29(26)38-30/h1-20H. The highest BCUT2D eigenvalue weighted by Crippen LogP contribution is 2.40. The zero-order chi connectivity index (χ0) is 25.5. The zero-order valence-electron chi connectivity index (χ0n) is 20.8. The van der Waals surface area contributed by atoms with Crippen LogP contribution >= 0.6 is 11.3 Å². The Hall–Kier alpha value is -4.93. The number of benzene rings is 6. The molecular formula is C35H20N2OS. The second-order valence-electron chi connectivity index (χ2n) is 9.98. The van der Waals surface area contributed by atoms with Crippen LogP contribution in [0.1, 0.15) is 0 Å². The number of hydrogen-bond donors (Lipinski definition) is 0. The lowest BCUT2D eigenvalue weighted by Gasteiger charge is -2.09. The predicted molar refractivity (Wildman–Crippen MR) is 164 cm³/mol. The average Bonchev–Trinajstić information content (AvgIpc) is 3.68. The Morgan fingerprint density at radius 1 is 0.564 bits per heavy atom. The minimum Gasteiger partial charge on any atom is -0.456 e. The predicted octanol–water partition coefficient (Wildman–Crippen LogP) is 10.1. The van der Waals surface area contributed by atoms with Crippen LogP contribution in [0.15, 0.2) is 126 Å². The summed E-state index contributed by atoms with van der Waals surface area (Å²) in [4.78, 5) is 5.11. The van der Waals surface area contributed by atoms with Crippen molar-refractivity contribution in [3.8, 4) is 16.3 Å². The van der Waals surface area contributed by atoms with Crippen molar-refractivity contribution in [2.45, 2.75) is 0 Å². The lowest BCUT2D eigenvalue weighted by atomic mass is 10.0. The van der Waals surface area contributed by atoms with Gasteiger partial charge in [-0.15, -0.1) is 11.3 Å². The molecule has 0 N–H and O–H groups in total. The summed E-state index contributed by atoms with van der Waals surface area (Å²) in [6.07, 6.45) is 0. The van der Waals surface area contributed by atoms with E-state index < -0.39 is 0 Å². The third kappa shape index (κ3) is 2.95. The maximum atomic E-state index is 6.09. The summed E-state index contributed by atoms with van der Waals surface area (Å²) in [5, 5.41) is 8.35. The molecule has 0 fully saturated rings. The van der Waals surface area contributed by atoms with E-state index in [1.165, 1.54) is 37.3 Å². The van der Waals surface area contributed by atoms with Gasteiger partial charge in [0, 0.05) is 27.4 Å². The van der Waals surface area contributed by atoms with Crippen molar-refractivity contribution in [3.05, 3.63) is 121 Å². The van der Waals surface area contributed by atoms with Crippen molar-refractivity contribution in [2.24, 2.45) is 0 Å². The van der Waals surface area contributed by atoms with Gasteiger partial charge in [-0.2, -0.15) is 0 Å². The Morgan fingerprint density at radius 2 is 1.33 bits per heavy atom. The molecule has 0 aliphatic carbocycles. The summed E-state index contributed by atoms with van der Waals surface area (Å²) < 4.78 is 9.64. The van der Waals surface area contributed by atoms with E-state index in [0.717, 1.165) is 43.7 Å². The minimum atomic E-state index is 0.884. The third-order valence-electron chi connectivity index (χ3n) is 7.83. The van der Waals surface area contributed by atoms with Crippen molar-refractivity contribution < 1.29 is 4.42 Å².